The van der Waals surface area contributed by atoms with E-state index in [-0.39, 0.29) is 5.91 Å². The fourth-order valence-corrected chi connectivity index (χ4v) is 3.39. The lowest BCUT2D eigenvalue weighted by molar-refractivity contribution is -0.129. The molecule has 9 heteroatoms. The van der Waals surface area contributed by atoms with Crippen LogP contribution >= 0.6 is 11.8 Å². The highest BCUT2D eigenvalue weighted by atomic mass is 32.2. The second-order valence-corrected chi connectivity index (χ2v) is 6.69. The molecule has 0 aliphatic carbocycles. The molecular formula is C16H22N6O2S. The van der Waals surface area contributed by atoms with E-state index in [1.807, 2.05) is 36.1 Å². The van der Waals surface area contributed by atoms with Crippen LogP contribution in [-0.4, -0.2) is 81.5 Å². The smallest absolute Gasteiger partial charge is 0.233 e. The molecule has 1 saturated heterocycles. The fraction of sp³-hybridized carbons (Fsp3) is 0.500. The Balaban J connectivity index is 1.67. The van der Waals surface area contributed by atoms with Crippen molar-refractivity contribution in [2.24, 2.45) is 0 Å². The first-order valence-corrected chi connectivity index (χ1v) is 9.27. The minimum absolute atomic E-state index is 0.116. The van der Waals surface area contributed by atoms with Gasteiger partial charge in [0.1, 0.15) is 11.4 Å². The molecule has 8 nitrogen and oxygen atoms in total. The van der Waals surface area contributed by atoms with Gasteiger partial charge in [0.25, 0.3) is 0 Å². The maximum Gasteiger partial charge on any atom is 0.233 e. The van der Waals surface area contributed by atoms with Crippen molar-refractivity contribution in [1.29, 1.82) is 0 Å². The second kappa shape index (κ2) is 8.30. The first kappa shape index (κ1) is 17.7. The van der Waals surface area contributed by atoms with E-state index in [1.165, 1.54) is 11.8 Å². The van der Waals surface area contributed by atoms with Crippen molar-refractivity contribution in [1.82, 2.24) is 30.0 Å². The summed E-state index contributed by atoms with van der Waals surface area (Å²) in [5.41, 5.74) is 0.767. The number of likely N-dealkylation sites (N-methyl/N-ethyl adjacent to an activating group) is 1. The zero-order chi connectivity index (χ0) is 17.6. The van der Waals surface area contributed by atoms with Crippen LogP contribution in [0.5, 0.6) is 5.75 Å². The Kier molecular flexibility index (Phi) is 5.87. The molecule has 1 aliphatic heterocycles. The predicted octanol–water partition coefficient (Wildman–Crippen LogP) is 0.927. The lowest BCUT2D eigenvalue weighted by atomic mass is 10.3. The van der Waals surface area contributed by atoms with Gasteiger partial charge in [-0.3, -0.25) is 4.79 Å². The summed E-state index contributed by atoms with van der Waals surface area (Å²) in [6, 6.07) is 7.59. The molecule has 2 heterocycles. The van der Waals surface area contributed by atoms with Crippen molar-refractivity contribution in [2.45, 2.75) is 12.1 Å². The van der Waals surface area contributed by atoms with Crippen LogP contribution in [0.1, 0.15) is 6.92 Å². The number of amides is 1. The lowest BCUT2D eigenvalue weighted by Crippen LogP contribution is -2.47. The molecule has 1 aromatic carbocycles. The first-order valence-electron chi connectivity index (χ1n) is 8.28. The largest absolute Gasteiger partial charge is 0.492 e. The number of piperazine rings is 1. The van der Waals surface area contributed by atoms with Crippen molar-refractivity contribution >= 4 is 17.7 Å². The van der Waals surface area contributed by atoms with Crippen molar-refractivity contribution in [3.63, 3.8) is 0 Å². The third-order valence-corrected chi connectivity index (χ3v) is 4.92. The molecule has 0 radical (unpaired) electrons. The Bertz CT molecular complexity index is 714. The van der Waals surface area contributed by atoms with Crippen LogP contribution in [-0.2, 0) is 4.79 Å². The van der Waals surface area contributed by atoms with E-state index >= 15 is 0 Å². The number of rotatable bonds is 6. The van der Waals surface area contributed by atoms with E-state index in [4.69, 9.17) is 4.74 Å². The summed E-state index contributed by atoms with van der Waals surface area (Å²) in [7, 11) is 2.07. The molecule has 0 spiro atoms. The average molecular weight is 362 g/mol. The molecule has 0 bridgehead atoms. The third kappa shape index (κ3) is 4.29. The first-order chi connectivity index (χ1) is 12.2. The number of hydrogen-bond acceptors (Lipinski definition) is 7. The molecule has 25 heavy (non-hydrogen) atoms. The van der Waals surface area contributed by atoms with Gasteiger partial charge in [-0.25, -0.2) is 0 Å². The van der Waals surface area contributed by atoms with Crippen LogP contribution in [0.3, 0.4) is 0 Å². The Morgan fingerprint density at radius 1 is 1.24 bits per heavy atom. The number of para-hydroxylation sites is 2. The van der Waals surface area contributed by atoms with Gasteiger partial charge in [0, 0.05) is 26.2 Å². The molecule has 1 fully saturated rings. The molecular weight excluding hydrogens is 340 g/mol. The molecule has 1 aromatic heterocycles. The molecule has 2 aromatic rings. The third-order valence-electron chi connectivity index (χ3n) is 4.01. The highest BCUT2D eigenvalue weighted by Crippen LogP contribution is 2.26. The van der Waals surface area contributed by atoms with Gasteiger partial charge in [0.05, 0.1) is 12.4 Å². The molecule has 1 amide bonds. The molecule has 0 N–H and O–H groups in total. The van der Waals surface area contributed by atoms with Crippen LogP contribution in [0.15, 0.2) is 29.4 Å². The minimum atomic E-state index is 0.116. The van der Waals surface area contributed by atoms with E-state index < -0.39 is 0 Å². The van der Waals surface area contributed by atoms with Crippen LogP contribution in [0.25, 0.3) is 5.69 Å². The summed E-state index contributed by atoms with van der Waals surface area (Å²) in [6.45, 7) is 5.86. The van der Waals surface area contributed by atoms with E-state index in [9.17, 15) is 4.79 Å². The van der Waals surface area contributed by atoms with Gasteiger partial charge >= 0.3 is 0 Å². The van der Waals surface area contributed by atoms with Crippen molar-refractivity contribution in [3.05, 3.63) is 24.3 Å². The van der Waals surface area contributed by atoms with Gasteiger partial charge in [0.2, 0.25) is 11.1 Å². The standard InChI is InChI=1S/C16H22N6O2S/c1-3-24-14-7-5-4-6-13(14)22-16(17-18-19-22)25-12-15(23)21-10-8-20(2)9-11-21/h4-7H,3,8-12H2,1-2H3. The Morgan fingerprint density at radius 3 is 2.76 bits per heavy atom. The van der Waals surface area contributed by atoms with Crippen molar-refractivity contribution in [3.8, 4) is 11.4 Å². The second-order valence-electron chi connectivity index (χ2n) is 5.75. The quantitative estimate of drug-likeness (QED) is 0.708. The summed E-state index contributed by atoms with van der Waals surface area (Å²) in [5.74, 6) is 1.15. The van der Waals surface area contributed by atoms with Crippen LogP contribution < -0.4 is 4.74 Å². The number of tetrazole rings is 1. The van der Waals surface area contributed by atoms with Crippen LogP contribution in [0.2, 0.25) is 0 Å². The van der Waals surface area contributed by atoms with Gasteiger partial charge in [0.15, 0.2) is 0 Å². The number of benzene rings is 1. The summed E-state index contributed by atoms with van der Waals surface area (Å²) >= 11 is 1.34. The van der Waals surface area contributed by atoms with Crippen LogP contribution in [0.4, 0.5) is 0 Å². The van der Waals surface area contributed by atoms with E-state index in [0.717, 1.165) is 31.9 Å². The summed E-state index contributed by atoms with van der Waals surface area (Å²) in [5, 5.41) is 12.4. The molecule has 0 unspecified atom stereocenters. The van der Waals surface area contributed by atoms with Gasteiger partial charge in [-0.2, -0.15) is 4.68 Å². The molecule has 134 valence electrons. The monoisotopic (exact) mass is 362 g/mol. The molecule has 1 aliphatic rings. The Labute approximate surface area is 151 Å². The maximum atomic E-state index is 12.4. The summed E-state index contributed by atoms with van der Waals surface area (Å²) < 4.78 is 7.26. The van der Waals surface area contributed by atoms with Gasteiger partial charge in [-0.15, -0.1) is 5.10 Å². The zero-order valence-corrected chi connectivity index (χ0v) is 15.3. The summed E-state index contributed by atoms with van der Waals surface area (Å²) in [4.78, 5) is 16.5. The van der Waals surface area contributed by atoms with Crippen molar-refractivity contribution in [2.75, 3.05) is 45.6 Å². The lowest BCUT2D eigenvalue weighted by Gasteiger charge is -2.32. The number of carbonyl (C=O) groups is 1. The highest BCUT2D eigenvalue weighted by molar-refractivity contribution is 7.99. The Morgan fingerprint density at radius 2 is 2.00 bits per heavy atom. The predicted molar refractivity (Wildman–Crippen MR) is 95.1 cm³/mol. The SMILES string of the molecule is CCOc1ccccc1-n1nnnc1SCC(=O)N1CCN(C)CC1. The number of carbonyl (C=O) groups excluding carboxylic acids is 1. The van der Waals surface area contributed by atoms with Crippen LogP contribution in [0, 0.1) is 0 Å². The average Bonchev–Trinajstić information content (AvgIpc) is 3.09. The zero-order valence-electron chi connectivity index (χ0n) is 14.5. The number of hydrogen-bond donors (Lipinski definition) is 0. The van der Waals surface area contributed by atoms with Gasteiger partial charge in [-0.1, -0.05) is 23.9 Å². The maximum absolute atomic E-state index is 12.4. The number of ether oxygens (including phenoxy) is 1. The number of aromatic nitrogens is 4. The van der Waals surface area contributed by atoms with Gasteiger partial charge in [-0.05, 0) is 36.5 Å². The topological polar surface area (TPSA) is 76.4 Å². The van der Waals surface area contributed by atoms with Gasteiger partial charge < -0.3 is 14.5 Å². The molecule has 0 atom stereocenters. The molecule has 3 rings (SSSR count). The Hall–Kier alpha value is -2.13. The summed E-state index contributed by atoms with van der Waals surface area (Å²) in [6.07, 6.45) is 0. The van der Waals surface area contributed by atoms with E-state index in [0.29, 0.717) is 23.3 Å². The normalized spacial score (nSPS) is 15.4. The van der Waals surface area contributed by atoms with Crippen molar-refractivity contribution < 1.29 is 9.53 Å². The van der Waals surface area contributed by atoms with E-state index in [2.05, 4.69) is 27.5 Å². The van der Waals surface area contributed by atoms with E-state index in [1.54, 1.807) is 4.68 Å². The fourth-order valence-electron chi connectivity index (χ4n) is 2.60. The number of nitrogens with zero attached hydrogens (tertiary/aromatic N) is 6. The minimum Gasteiger partial charge on any atom is -0.492 e. The molecule has 0 saturated carbocycles. The highest BCUT2D eigenvalue weighted by Gasteiger charge is 2.21. The number of thioether (sulfide) groups is 1.